The minimum absolute atomic E-state index is 0.0139. The molecule has 0 bridgehead atoms. The number of rotatable bonds is 8. The van der Waals surface area contributed by atoms with E-state index in [1.165, 1.54) is 12.1 Å². The van der Waals surface area contributed by atoms with Crippen LogP contribution in [0.2, 0.25) is 0 Å². The van der Waals surface area contributed by atoms with Crippen LogP contribution < -0.4 is 38.1 Å². The minimum Gasteiger partial charge on any atom is -0.508 e. The van der Waals surface area contributed by atoms with E-state index >= 15 is 0 Å². The molecule has 16 nitrogen and oxygen atoms in total. The van der Waals surface area contributed by atoms with Gasteiger partial charge in [-0.15, -0.1) is 0 Å². The predicted octanol–water partition coefficient (Wildman–Crippen LogP) is -2.28. The van der Waals surface area contributed by atoms with E-state index in [4.69, 9.17) is 11.5 Å². The maximum Gasteiger partial charge on any atom is 0.305 e. The van der Waals surface area contributed by atoms with E-state index < -0.39 is 60.7 Å². The van der Waals surface area contributed by atoms with E-state index in [1.807, 2.05) is 0 Å². The monoisotopic (exact) mass is 604 g/mol. The molecule has 3 atom stereocenters. The Balaban J connectivity index is 2.22. The standard InChI is InChI=1S/C27H40N8O8/c28-27(29)31-12-4-5-18-24(41)32-15-22(38)34-20(14-23(39)40)26(43)35-19(13-16-7-9-17(36)10-8-16)25(42)30-11-3-1-2-6-21(37)33-18/h7-10,18-20,36H,1-6,11-15H2,(H,30,42)(H,32,41)(H,33,37)(H,34,38)(H,35,43)(H,39,40)(H4,28,29,31)/t18?,19-,20-/m0/s1. The van der Waals surface area contributed by atoms with Crippen molar-refractivity contribution < 1.29 is 39.0 Å². The molecule has 1 aromatic rings. The third kappa shape index (κ3) is 13.5. The molecule has 5 amide bonds. The van der Waals surface area contributed by atoms with Crippen LogP contribution in [0.4, 0.5) is 0 Å². The molecule has 0 saturated carbocycles. The summed E-state index contributed by atoms with van der Waals surface area (Å²) in [5.74, 6) is -4.83. The summed E-state index contributed by atoms with van der Waals surface area (Å²) in [7, 11) is 0. The number of nitrogens with zero attached hydrogens (tertiary/aromatic N) is 1. The Bertz CT molecular complexity index is 1170. The molecule has 1 fully saturated rings. The summed E-state index contributed by atoms with van der Waals surface area (Å²) in [5, 5.41) is 31.5. The molecule has 1 aliphatic rings. The van der Waals surface area contributed by atoms with Gasteiger partial charge in [-0.2, -0.15) is 0 Å². The number of benzene rings is 1. The molecule has 2 rings (SSSR count). The largest absolute Gasteiger partial charge is 0.508 e. The smallest absolute Gasteiger partial charge is 0.305 e. The van der Waals surface area contributed by atoms with Crippen molar-refractivity contribution in [2.24, 2.45) is 16.5 Å². The van der Waals surface area contributed by atoms with Crippen LogP contribution in [0.15, 0.2) is 29.3 Å². The fourth-order valence-corrected chi connectivity index (χ4v) is 4.23. The summed E-state index contributed by atoms with van der Waals surface area (Å²) in [6.45, 7) is -0.151. The molecule has 11 N–H and O–H groups in total. The molecular formula is C27H40N8O8. The van der Waals surface area contributed by atoms with E-state index in [2.05, 4.69) is 31.6 Å². The number of guanidine groups is 1. The maximum absolute atomic E-state index is 13.1. The summed E-state index contributed by atoms with van der Waals surface area (Å²) in [4.78, 5) is 79.5. The number of nitrogens with one attached hydrogen (secondary N) is 5. The van der Waals surface area contributed by atoms with Crippen molar-refractivity contribution in [1.82, 2.24) is 26.6 Å². The third-order valence-corrected chi connectivity index (χ3v) is 6.44. The van der Waals surface area contributed by atoms with Gasteiger partial charge in [-0.05, 0) is 43.4 Å². The highest BCUT2D eigenvalue weighted by Gasteiger charge is 2.29. The zero-order valence-electron chi connectivity index (χ0n) is 23.8. The zero-order valence-corrected chi connectivity index (χ0v) is 23.8. The van der Waals surface area contributed by atoms with Gasteiger partial charge in [-0.25, -0.2) is 0 Å². The lowest BCUT2D eigenvalue weighted by molar-refractivity contribution is -0.141. The molecule has 0 aromatic heterocycles. The van der Waals surface area contributed by atoms with Crippen molar-refractivity contribution in [3.8, 4) is 5.75 Å². The van der Waals surface area contributed by atoms with Gasteiger partial charge in [0.15, 0.2) is 5.96 Å². The fraction of sp³-hybridized carbons (Fsp3) is 0.519. The molecule has 0 spiro atoms. The Hall–Kier alpha value is -4.89. The first-order chi connectivity index (χ1) is 20.4. The first-order valence-electron chi connectivity index (χ1n) is 13.9. The normalized spacial score (nSPS) is 21.4. The Morgan fingerprint density at radius 2 is 1.51 bits per heavy atom. The van der Waals surface area contributed by atoms with Crippen LogP contribution in [0, 0.1) is 0 Å². The molecule has 1 aliphatic heterocycles. The van der Waals surface area contributed by atoms with Crippen LogP contribution >= 0.6 is 0 Å². The lowest BCUT2D eigenvalue weighted by atomic mass is 10.0. The highest BCUT2D eigenvalue weighted by atomic mass is 16.4. The SMILES string of the molecule is NC(N)=NCCCC1NC(=O)CCCCCNC(=O)[C@H](Cc2ccc(O)cc2)NC(=O)[C@H](CC(=O)O)NC(=O)CNC1=O. The number of carboxylic acid groups (broad SMARTS) is 1. The molecule has 236 valence electrons. The number of aromatic hydroxyl groups is 1. The number of phenolic OH excluding ortho intramolecular Hbond substituents is 1. The van der Waals surface area contributed by atoms with Gasteiger partial charge in [0.25, 0.3) is 0 Å². The number of aliphatic carboxylic acids is 1. The molecule has 43 heavy (non-hydrogen) atoms. The van der Waals surface area contributed by atoms with Crippen LogP contribution in [0.3, 0.4) is 0 Å². The number of amides is 5. The van der Waals surface area contributed by atoms with Crippen LogP contribution in [0.25, 0.3) is 0 Å². The second-order valence-electron chi connectivity index (χ2n) is 10.0. The van der Waals surface area contributed by atoms with E-state index in [1.54, 1.807) is 12.1 Å². The van der Waals surface area contributed by atoms with Gasteiger partial charge < -0.3 is 48.3 Å². The van der Waals surface area contributed by atoms with E-state index in [0.29, 0.717) is 31.2 Å². The Morgan fingerprint density at radius 3 is 2.19 bits per heavy atom. The number of carboxylic acids is 1. The van der Waals surface area contributed by atoms with Crippen LogP contribution in [-0.2, 0) is 35.2 Å². The topological polar surface area (TPSA) is 267 Å². The van der Waals surface area contributed by atoms with Crippen molar-refractivity contribution in [3.63, 3.8) is 0 Å². The predicted molar refractivity (Wildman–Crippen MR) is 154 cm³/mol. The zero-order chi connectivity index (χ0) is 31.8. The molecule has 1 aromatic carbocycles. The molecule has 0 aliphatic carbocycles. The van der Waals surface area contributed by atoms with E-state index in [0.717, 1.165) is 0 Å². The Labute approximate surface area is 248 Å². The first-order valence-corrected chi connectivity index (χ1v) is 13.9. The molecular weight excluding hydrogens is 564 g/mol. The van der Waals surface area contributed by atoms with Gasteiger partial charge in [-0.1, -0.05) is 18.6 Å². The summed E-state index contributed by atoms with van der Waals surface area (Å²) in [6.07, 6.45) is 1.49. The lowest BCUT2D eigenvalue weighted by Crippen LogP contribution is -2.56. The van der Waals surface area contributed by atoms with Gasteiger partial charge >= 0.3 is 5.97 Å². The van der Waals surface area contributed by atoms with E-state index in [-0.39, 0.29) is 50.0 Å². The highest BCUT2D eigenvalue weighted by molar-refractivity contribution is 5.95. The number of phenols is 1. The first kappa shape index (κ1) is 34.3. The second-order valence-corrected chi connectivity index (χ2v) is 10.0. The average molecular weight is 605 g/mol. The number of aliphatic imine (C=N–C) groups is 1. The molecule has 1 unspecified atom stereocenters. The Kier molecular flexibility index (Phi) is 14.2. The number of nitrogens with two attached hydrogens (primary N) is 2. The van der Waals surface area contributed by atoms with Crippen molar-refractivity contribution in [2.45, 2.75) is 69.5 Å². The summed E-state index contributed by atoms with van der Waals surface area (Å²) in [5.41, 5.74) is 11.2. The average Bonchev–Trinajstić information content (AvgIpc) is 2.94. The van der Waals surface area contributed by atoms with Crippen LogP contribution in [0.5, 0.6) is 5.75 Å². The number of carbonyl (C=O) groups excluding carboxylic acids is 5. The number of carbonyl (C=O) groups is 6. The third-order valence-electron chi connectivity index (χ3n) is 6.44. The summed E-state index contributed by atoms with van der Waals surface area (Å²) >= 11 is 0. The molecule has 1 saturated heterocycles. The van der Waals surface area contributed by atoms with Gasteiger partial charge in [-0.3, -0.25) is 33.8 Å². The maximum atomic E-state index is 13.1. The van der Waals surface area contributed by atoms with E-state index in [9.17, 15) is 39.0 Å². The minimum atomic E-state index is -1.56. The summed E-state index contributed by atoms with van der Waals surface area (Å²) < 4.78 is 0. The fourth-order valence-electron chi connectivity index (χ4n) is 4.23. The highest BCUT2D eigenvalue weighted by Crippen LogP contribution is 2.12. The van der Waals surface area contributed by atoms with Crippen molar-refractivity contribution in [1.29, 1.82) is 0 Å². The Morgan fingerprint density at radius 1 is 0.837 bits per heavy atom. The number of hydrogen-bond donors (Lipinski definition) is 9. The number of hydrogen-bond acceptors (Lipinski definition) is 8. The molecule has 1 heterocycles. The van der Waals surface area contributed by atoms with Crippen LogP contribution in [-0.4, -0.2) is 89.4 Å². The van der Waals surface area contributed by atoms with Crippen molar-refractivity contribution in [3.05, 3.63) is 29.8 Å². The van der Waals surface area contributed by atoms with Crippen molar-refractivity contribution in [2.75, 3.05) is 19.6 Å². The van der Waals surface area contributed by atoms with Crippen LogP contribution in [0.1, 0.15) is 50.5 Å². The van der Waals surface area contributed by atoms with Gasteiger partial charge in [0.05, 0.1) is 13.0 Å². The second kappa shape index (κ2) is 17.8. The van der Waals surface area contributed by atoms with Gasteiger partial charge in [0.1, 0.15) is 23.9 Å². The molecule has 16 heteroatoms. The molecule has 0 radical (unpaired) electrons. The van der Waals surface area contributed by atoms with Gasteiger partial charge in [0.2, 0.25) is 29.5 Å². The lowest BCUT2D eigenvalue weighted by Gasteiger charge is -2.23. The summed E-state index contributed by atoms with van der Waals surface area (Å²) in [6, 6.07) is 2.31. The van der Waals surface area contributed by atoms with Gasteiger partial charge in [0, 0.05) is 25.9 Å². The van der Waals surface area contributed by atoms with Crippen molar-refractivity contribution >= 4 is 41.5 Å². The quantitative estimate of drug-likeness (QED) is 0.0871.